The van der Waals surface area contributed by atoms with Crippen LogP contribution in [-0.2, 0) is 11.2 Å². The number of rotatable bonds is 10. The minimum Gasteiger partial charge on any atom is -0.395 e. The molecule has 2 aromatic carbocycles. The van der Waals surface area contributed by atoms with Gasteiger partial charge in [0.1, 0.15) is 16.5 Å². The van der Waals surface area contributed by atoms with Gasteiger partial charge in [-0.25, -0.2) is 9.97 Å². The maximum Gasteiger partial charge on any atom is 0.266 e. The molecule has 3 heterocycles. The van der Waals surface area contributed by atoms with Crippen molar-refractivity contribution in [2.45, 2.75) is 19.3 Å². The maximum absolute atomic E-state index is 13.0. The molecule has 2 aromatic heterocycles. The lowest BCUT2D eigenvalue weighted by molar-refractivity contribution is -0.122. The number of unbranched alkanes of at least 4 members (excludes halogenated alkanes) is 1. The van der Waals surface area contributed by atoms with Crippen LogP contribution in [0, 0.1) is 0 Å². The molecule has 5 rings (SSSR count). The number of aliphatic hydroxyl groups excluding tert-OH is 1. The standard InChI is InChI=1S/C25H24N8O2S2/c34-11-9-26-23-19-14-18(7-8-20(19)27-15-28-23)17-5-3-4-16(12-17)13-21-24(35)33(25(36)37-21)10-2-1-6-22-29-31-32-30-22/h3-5,7-8,12-15,34H,1-2,6,9-11H2,(H,26,27,28)(H,29,30,31,32). The van der Waals surface area contributed by atoms with Gasteiger partial charge in [-0.15, -0.1) is 10.2 Å². The number of thiocarbonyl (C=S) groups is 1. The molecule has 10 nitrogen and oxygen atoms in total. The molecule has 1 aliphatic heterocycles. The average Bonchev–Trinajstić information content (AvgIpc) is 3.53. The van der Waals surface area contributed by atoms with Crippen LogP contribution in [0.2, 0.25) is 0 Å². The van der Waals surface area contributed by atoms with Crippen LogP contribution in [0.1, 0.15) is 24.2 Å². The summed E-state index contributed by atoms with van der Waals surface area (Å²) in [5.74, 6) is 1.28. The van der Waals surface area contributed by atoms with E-state index in [0.29, 0.717) is 40.4 Å². The molecular formula is C25H24N8O2S2. The smallest absolute Gasteiger partial charge is 0.266 e. The minimum absolute atomic E-state index is 0.0136. The molecule has 37 heavy (non-hydrogen) atoms. The summed E-state index contributed by atoms with van der Waals surface area (Å²) in [5.41, 5.74) is 3.73. The first-order valence-corrected chi connectivity index (χ1v) is 13.0. The molecule has 1 saturated heterocycles. The quantitative estimate of drug-likeness (QED) is 0.158. The number of nitrogens with zero attached hydrogens (tertiary/aromatic N) is 6. The topological polar surface area (TPSA) is 133 Å². The zero-order valence-corrected chi connectivity index (χ0v) is 21.4. The van der Waals surface area contributed by atoms with Crippen molar-refractivity contribution in [3.05, 3.63) is 65.1 Å². The molecule has 0 atom stereocenters. The van der Waals surface area contributed by atoms with E-state index >= 15 is 0 Å². The highest BCUT2D eigenvalue weighted by atomic mass is 32.2. The Morgan fingerprint density at radius 1 is 1.14 bits per heavy atom. The van der Waals surface area contributed by atoms with Crippen molar-refractivity contribution in [3.63, 3.8) is 0 Å². The number of thioether (sulfide) groups is 1. The molecule has 12 heteroatoms. The number of H-pyrrole nitrogens is 1. The zero-order valence-electron chi connectivity index (χ0n) is 19.8. The van der Waals surface area contributed by atoms with E-state index in [4.69, 9.17) is 17.3 Å². The summed E-state index contributed by atoms with van der Waals surface area (Å²) in [6.07, 6.45) is 5.73. The largest absolute Gasteiger partial charge is 0.395 e. The molecule has 0 aliphatic carbocycles. The van der Waals surface area contributed by atoms with E-state index in [-0.39, 0.29) is 12.5 Å². The van der Waals surface area contributed by atoms with Gasteiger partial charge in [0.15, 0.2) is 5.82 Å². The first-order chi connectivity index (χ1) is 18.1. The highest BCUT2D eigenvalue weighted by Gasteiger charge is 2.31. The number of carbonyl (C=O) groups is 1. The number of tetrazole rings is 1. The molecule has 0 saturated carbocycles. The molecule has 0 unspecified atom stereocenters. The number of carbonyl (C=O) groups excluding carboxylic acids is 1. The van der Waals surface area contributed by atoms with Crippen molar-refractivity contribution in [1.29, 1.82) is 0 Å². The van der Waals surface area contributed by atoms with Gasteiger partial charge in [-0.05, 0) is 53.8 Å². The Hall–Kier alpha value is -3.74. The summed E-state index contributed by atoms with van der Waals surface area (Å²) in [6.45, 7) is 0.980. The summed E-state index contributed by atoms with van der Waals surface area (Å²) in [4.78, 5) is 24.0. The van der Waals surface area contributed by atoms with Crippen LogP contribution in [0.4, 0.5) is 5.82 Å². The molecule has 0 spiro atoms. The highest BCUT2D eigenvalue weighted by molar-refractivity contribution is 8.26. The molecular weight excluding hydrogens is 508 g/mol. The van der Waals surface area contributed by atoms with E-state index in [2.05, 4.69) is 35.9 Å². The normalized spacial score (nSPS) is 14.7. The monoisotopic (exact) mass is 532 g/mol. The minimum atomic E-state index is -0.0672. The third kappa shape index (κ3) is 5.82. The fourth-order valence-electron chi connectivity index (χ4n) is 4.04. The van der Waals surface area contributed by atoms with Gasteiger partial charge in [-0.1, -0.05) is 53.5 Å². The first kappa shape index (κ1) is 24.9. The second-order valence-electron chi connectivity index (χ2n) is 8.35. The molecule has 0 radical (unpaired) electrons. The van der Waals surface area contributed by atoms with Crippen LogP contribution in [0.15, 0.2) is 53.7 Å². The molecule has 3 N–H and O–H groups in total. The lowest BCUT2D eigenvalue weighted by Crippen LogP contribution is -2.29. The van der Waals surface area contributed by atoms with Gasteiger partial charge in [0, 0.05) is 24.9 Å². The molecule has 1 aliphatic rings. The Morgan fingerprint density at radius 3 is 2.86 bits per heavy atom. The fourth-order valence-corrected chi connectivity index (χ4v) is 5.35. The van der Waals surface area contributed by atoms with Crippen molar-refractivity contribution in [3.8, 4) is 11.1 Å². The Labute approximate surface area is 222 Å². The number of aromatic nitrogens is 6. The maximum atomic E-state index is 13.0. The second-order valence-corrected chi connectivity index (χ2v) is 10.0. The second kappa shape index (κ2) is 11.5. The number of aromatic amines is 1. The van der Waals surface area contributed by atoms with Gasteiger partial charge >= 0.3 is 0 Å². The number of nitrogens with one attached hydrogen (secondary N) is 2. The number of hydrogen-bond acceptors (Lipinski definition) is 10. The first-order valence-electron chi connectivity index (χ1n) is 11.8. The SMILES string of the molecule is O=C1C(=Cc2cccc(-c3ccc4ncnc(NCCO)c4c3)c2)SC(=S)N1CCCCc1nn[nH]n1. The van der Waals surface area contributed by atoms with Crippen LogP contribution in [-0.4, -0.2) is 70.5 Å². The summed E-state index contributed by atoms with van der Waals surface area (Å²) in [6, 6.07) is 14.0. The third-order valence-electron chi connectivity index (χ3n) is 5.85. The van der Waals surface area contributed by atoms with E-state index in [1.807, 2.05) is 48.5 Å². The average molecular weight is 533 g/mol. The number of fused-ring (bicyclic) bond motifs is 1. The fraction of sp³-hybridized carbons (Fsp3) is 0.240. The van der Waals surface area contributed by atoms with Gasteiger partial charge in [-0.3, -0.25) is 9.69 Å². The number of benzene rings is 2. The van der Waals surface area contributed by atoms with Crippen LogP contribution in [0.25, 0.3) is 28.1 Å². The third-order valence-corrected chi connectivity index (χ3v) is 7.23. The molecule has 188 valence electrons. The lowest BCUT2D eigenvalue weighted by atomic mass is 10.0. The number of aryl methyl sites for hydroxylation is 1. The van der Waals surface area contributed by atoms with Crippen LogP contribution < -0.4 is 5.32 Å². The van der Waals surface area contributed by atoms with Gasteiger partial charge in [0.25, 0.3) is 5.91 Å². The van der Waals surface area contributed by atoms with Crippen LogP contribution in [0.5, 0.6) is 0 Å². The Kier molecular flexibility index (Phi) is 7.78. The van der Waals surface area contributed by atoms with Crippen molar-refractivity contribution in [1.82, 2.24) is 35.5 Å². The summed E-state index contributed by atoms with van der Waals surface area (Å²) < 4.78 is 0.574. The molecule has 1 amide bonds. The summed E-state index contributed by atoms with van der Waals surface area (Å²) in [5, 5.41) is 27.1. The molecule has 1 fully saturated rings. The van der Waals surface area contributed by atoms with Gasteiger partial charge in [0.05, 0.1) is 17.0 Å². The van der Waals surface area contributed by atoms with Crippen molar-refractivity contribution in [2.24, 2.45) is 0 Å². The molecule has 0 bridgehead atoms. The zero-order chi connectivity index (χ0) is 25.6. The summed E-state index contributed by atoms with van der Waals surface area (Å²) >= 11 is 6.81. The van der Waals surface area contributed by atoms with Crippen molar-refractivity contribution >= 4 is 57.0 Å². The van der Waals surface area contributed by atoms with E-state index in [1.54, 1.807) is 4.90 Å². The van der Waals surface area contributed by atoms with Gasteiger partial charge < -0.3 is 10.4 Å². The predicted octanol–water partition coefficient (Wildman–Crippen LogP) is 3.44. The lowest BCUT2D eigenvalue weighted by Gasteiger charge is -2.13. The van der Waals surface area contributed by atoms with Gasteiger partial charge in [-0.2, -0.15) is 5.21 Å². The molecule has 4 aromatic rings. The van der Waals surface area contributed by atoms with E-state index in [0.717, 1.165) is 40.4 Å². The number of aliphatic hydroxyl groups is 1. The van der Waals surface area contributed by atoms with E-state index in [1.165, 1.54) is 18.1 Å². The van der Waals surface area contributed by atoms with Crippen molar-refractivity contribution < 1.29 is 9.90 Å². The van der Waals surface area contributed by atoms with E-state index < -0.39 is 0 Å². The summed E-state index contributed by atoms with van der Waals surface area (Å²) in [7, 11) is 0. The predicted molar refractivity (Wildman–Crippen MR) is 148 cm³/mol. The van der Waals surface area contributed by atoms with Crippen molar-refractivity contribution in [2.75, 3.05) is 25.0 Å². The Morgan fingerprint density at radius 2 is 2.03 bits per heavy atom. The number of hydrogen-bond donors (Lipinski definition) is 3. The number of amides is 1. The van der Waals surface area contributed by atoms with E-state index in [9.17, 15) is 4.79 Å². The number of anilines is 1. The van der Waals surface area contributed by atoms with Crippen LogP contribution in [0.3, 0.4) is 0 Å². The Balaban J connectivity index is 1.30. The Bertz CT molecular complexity index is 1460. The van der Waals surface area contributed by atoms with Gasteiger partial charge in [0.2, 0.25) is 0 Å². The highest BCUT2D eigenvalue weighted by Crippen LogP contribution is 2.34. The van der Waals surface area contributed by atoms with Crippen LogP contribution >= 0.6 is 24.0 Å².